The maximum Gasteiger partial charge on any atom is 0.103 e. The number of aromatic amines is 1. The van der Waals surface area contributed by atoms with E-state index < -0.39 is 0 Å². The van der Waals surface area contributed by atoms with E-state index in [1.54, 1.807) is 0 Å². The predicted molar refractivity (Wildman–Crippen MR) is 59.1 cm³/mol. The smallest absolute Gasteiger partial charge is 0.103 e. The molecular weight excluding hydrogens is 196 g/mol. The molecule has 1 saturated heterocycles. The lowest BCUT2D eigenvalue weighted by molar-refractivity contribution is 0.154. The second-order valence-corrected chi connectivity index (χ2v) is 4.09. The summed E-state index contributed by atoms with van der Waals surface area (Å²) in [7, 11) is 0. The van der Waals surface area contributed by atoms with Gasteiger partial charge in [-0.3, -0.25) is 0 Å². The van der Waals surface area contributed by atoms with Crippen LogP contribution < -0.4 is 4.90 Å². The molecule has 1 aromatic heterocycles. The molecule has 0 spiro atoms. The first-order valence-corrected chi connectivity index (χ1v) is 5.28. The molecule has 2 N–H and O–H groups in total. The zero-order valence-electron chi connectivity index (χ0n) is 7.94. The van der Waals surface area contributed by atoms with Crippen molar-refractivity contribution in [3.05, 3.63) is 23.0 Å². The zero-order valence-corrected chi connectivity index (χ0v) is 8.76. The topological polar surface area (TPSA) is 39.3 Å². The normalized spacial score (nSPS) is 22.4. The Kier molecular flexibility index (Phi) is 2.84. The first-order chi connectivity index (χ1) is 6.75. The van der Waals surface area contributed by atoms with Crippen molar-refractivity contribution in [1.29, 1.82) is 0 Å². The summed E-state index contributed by atoms with van der Waals surface area (Å²) in [5.74, 6) is 0. The molecule has 2 heterocycles. The van der Waals surface area contributed by atoms with Gasteiger partial charge in [-0.25, -0.2) is 0 Å². The van der Waals surface area contributed by atoms with E-state index >= 15 is 0 Å². The van der Waals surface area contributed by atoms with Gasteiger partial charge in [-0.05, 0) is 25.0 Å². The molecule has 0 amide bonds. The quantitative estimate of drug-likeness (QED) is 0.693. The van der Waals surface area contributed by atoms with Gasteiger partial charge in [-0.15, -0.1) is 0 Å². The highest BCUT2D eigenvalue weighted by Crippen LogP contribution is 2.18. The lowest BCUT2D eigenvalue weighted by Gasteiger charge is -2.31. The maximum atomic E-state index is 9.52. The van der Waals surface area contributed by atoms with Crippen molar-refractivity contribution in [1.82, 2.24) is 4.98 Å². The van der Waals surface area contributed by atoms with Gasteiger partial charge in [0.1, 0.15) is 4.64 Å². The second-order valence-electron chi connectivity index (χ2n) is 3.65. The minimum absolute atomic E-state index is 0.188. The standard InChI is InChI=1S/C10H14N2OS/c13-9-2-1-5-12(7-9)8-3-4-10(14)11-6-8/h3-4,6,9,13H,1-2,5,7H2,(H,11,14)/t9-/m1/s1. The number of rotatable bonds is 1. The number of aliphatic hydroxyl groups is 1. The van der Waals surface area contributed by atoms with Gasteiger partial charge in [0, 0.05) is 19.3 Å². The summed E-state index contributed by atoms with van der Waals surface area (Å²) in [6.07, 6.45) is 3.68. The second kappa shape index (κ2) is 4.11. The highest BCUT2D eigenvalue weighted by molar-refractivity contribution is 7.71. The van der Waals surface area contributed by atoms with Crippen molar-refractivity contribution in [3.8, 4) is 0 Å². The van der Waals surface area contributed by atoms with Crippen LogP contribution in [0.1, 0.15) is 12.8 Å². The van der Waals surface area contributed by atoms with Gasteiger partial charge in [0.25, 0.3) is 0 Å². The summed E-state index contributed by atoms with van der Waals surface area (Å²) in [6.45, 7) is 1.74. The number of nitrogens with zero attached hydrogens (tertiary/aromatic N) is 1. The Balaban J connectivity index is 2.14. The van der Waals surface area contributed by atoms with Crippen molar-refractivity contribution in [3.63, 3.8) is 0 Å². The van der Waals surface area contributed by atoms with Gasteiger partial charge in [-0.1, -0.05) is 12.2 Å². The summed E-state index contributed by atoms with van der Waals surface area (Å²) in [5, 5.41) is 9.52. The van der Waals surface area contributed by atoms with E-state index in [1.165, 1.54) is 0 Å². The fraction of sp³-hybridized carbons (Fsp3) is 0.500. The van der Waals surface area contributed by atoms with Gasteiger partial charge in [-0.2, -0.15) is 0 Å². The lowest BCUT2D eigenvalue weighted by atomic mass is 10.1. The number of hydrogen-bond acceptors (Lipinski definition) is 3. The molecular formula is C10H14N2OS. The Labute approximate surface area is 88.4 Å². The molecule has 0 saturated carbocycles. The third-order valence-electron chi connectivity index (χ3n) is 2.53. The van der Waals surface area contributed by atoms with E-state index in [2.05, 4.69) is 9.88 Å². The summed E-state index contributed by atoms with van der Waals surface area (Å²) in [4.78, 5) is 5.18. The van der Waals surface area contributed by atoms with Crippen LogP contribution in [-0.4, -0.2) is 29.3 Å². The number of β-amino-alcohol motifs (C(OH)–C–C–N with tert-alkyl or cyclic N) is 1. The Morgan fingerprint density at radius 1 is 1.50 bits per heavy atom. The predicted octanol–water partition coefficient (Wildman–Crippen LogP) is 1.71. The van der Waals surface area contributed by atoms with E-state index in [4.69, 9.17) is 12.2 Å². The number of piperidine rings is 1. The van der Waals surface area contributed by atoms with Crippen molar-refractivity contribution in [2.24, 2.45) is 0 Å². The molecule has 2 rings (SSSR count). The van der Waals surface area contributed by atoms with Crippen molar-refractivity contribution in [2.75, 3.05) is 18.0 Å². The van der Waals surface area contributed by atoms with Crippen LogP contribution in [0.3, 0.4) is 0 Å². The van der Waals surface area contributed by atoms with Crippen LogP contribution >= 0.6 is 12.2 Å². The van der Waals surface area contributed by atoms with Gasteiger partial charge in [0.15, 0.2) is 0 Å². The first-order valence-electron chi connectivity index (χ1n) is 4.87. The minimum atomic E-state index is -0.188. The molecule has 0 unspecified atom stereocenters. The van der Waals surface area contributed by atoms with Crippen LogP contribution in [0.4, 0.5) is 5.69 Å². The van der Waals surface area contributed by atoms with E-state index in [-0.39, 0.29) is 6.10 Å². The van der Waals surface area contributed by atoms with Gasteiger partial charge in [0.2, 0.25) is 0 Å². The monoisotopic (exact) mass is 210 g/mol. The summed E-state index contributed by atoms with van der Waals surface area (Å²) in [5.41, 5.74) is 1.11. The molecule has 1 fully saturated rings. The molecule has 1 aromatic rings. The maximum absolute atomic E-state index is 9.52. The van der Waals surface area contributed by atoms with E-state index in [0.717, 1.165) is 36.3 Å². The van der Waals surface area contributed by atoms with Crippen LogP contribution in [0.25, 0.3) is 0 Å². The Hall–Kier alpha value is -0.870. The van der Waals surface area contributed by atoms with E-state index in [9.17, 15) is 5.11 Å². The molecule has 0 bridgehead atoms. The van der Waals surface area contributed by atoms with Crippen molar-refractivity contribution >= 4 is 17.9 Å². The molecule has 76 valence electrons. The molecule has 4 heteroatoms. The number of anilines is 1. The van der Waals surface area contributed by atoms with Crippen molar-refractivity contribution in [2.45, 2.75) is 18.9 Å². The van der Waals surface area contributed by atoms with E-state index in [0.29, 0.717) is 0 Å². The van der Waals surface area contributed by atoms with Crippen molar-refractivity contribution < 1.29 is 5.11 Å². The average molecular weight is 210 g/mol. The molecule has 0 aliphatic carbocycles. The Morgan fingerprint density at radius 2 is 2.36 bits per heavy atom. The summed E-state index contributed by atoms with van der Waals surface area (Å²) >= 11 is 4.97. The van der Waals surface area contributed by atoms with Crippen LogP contribution in [0.2, 0.25) is 0 Å². The molecule has 0 radical (unpaired) electrons. The molecule has 0 aromatic carbocycles. The Bertz CT molecular complexity index is 343. The number of pyridine rings is 1. The van der Waals surface area contributed by atoms with E-state index in [1.807, 2.05) is 18.3 Å². The number of nitrogens with one attached hydrogen (secondary N) is 1. The number of aliphatic hydroxyl groups excluding tert-OH is 1. The van der Waals surface area contributed by atoms with Crippen LogP contribution in [0, 0.1) is 4.64 Å². The molecule has 3 nitrogen and oxygen atoms in total. The summed E-state index contributed by atoms with van der Waals surface area (Å²) in [6, 6.07) is 3.88. The average Bonchev–Trinajstić information content (AvgIpc) is 2.19. The first kappa shape index (κ1) is 9.68. The Morgan fingerprint density at radius 3 is 3.00 bits per heavy atom. The SMILES string of the molecule is O[C@@H]1CCCN(c2ccc(=S)[nH]c2)C1. The molecule has 1 atom stereocenters. The molecule has 14 heavy (non-hydrogen) atoms. The zero-order chi connectivity index (χ0) is 9.97. The van der Waals surface area contributed by atoms with Crippen LogP contribution in [0.5, 0.6) is 0 Å². The van der Waals surface area contributed by atoms with Crippen LogP contribution in [0.15, 0.2) is 18.3 Å². The lowest BCUT2D eigenvalue weighted by Crippen LogP contribution is -2.38. The summed E-state index contributed by atoms with van der Waals surface area (Å²) < 4.78 is 0.742. The van der Waals surface area contributed by atoms with Gasteiger partial charge < -0.3 is 15.0 Å². The fourth-order valence-corrected chi connectivity index (χ4v) is 1.92. The van der Waals surface area contributed by atoms with Gasteiger partial charge >= 0.3 is 0 Å². The number of H-pyrrole nitrogens is 1. The van der Waals surface area contributed by atoms with Gasteiger partial charge in [0.05, 0.1) is 11.8 Å². The molecule has 1 aliphatic rings. The highest BCUT2D eigenvalue weighted by Gasteiger charge is 2.17. The fourth-order valence-electron chi connectivity index (χ4n) is 1.79. The minimum Gasteiger partial charge on any atom is -0.391 e. The number of aromatic nitrogens is 1. The molecule has 1 aliphatic heterocycles. The number of hydrogen-bond donors (Lipinski definition) is 2. The third kappa shape index (κ3) is 2.13. The third-order valence-corrected chi connectivity index (χ3v) is 2.78. The largest absolute Gasteiger partial charge is 0.391 e. The van der Waals surface area contributed by atoms with Crippen LogP contribution in [-0.2, 0) is 0 Å². The highest BCUT2D eigenvalue weighted by atomic mass is 32.1.